The molecule has 0 spiro atoms. The van der Waals surface area contributed by atoms with Crippen LogP contribution in [0.5, 0.6) is 5.75 Å². The molecule has 1 nitrogen and oxygen atoms in total. The molecular weight excluding hydrogens is 271 g/mol. The fraction of sp³-hybridized carbons (Fsp3) is 0.0769. The van der Waals surface area contributed by atoms with Gasteiger partial charge in [0.2, 0.25) is 0 Å². The van der Waals surface area contributed by atoms with Crippen LogP contribution >= 0.6 is 15.9 Å². The Bertz CT molecular complexity index is 511. The van der Waals surface area contributed by atoms with Gasteiger partial charge >= 0.3 is 0 Å². The molecule has 2 aromatic carbocycles. The van der Waals surface area contributed by atoms with E-state index in [0.717, 1.165) is 15.6 Å². The van der Waals surface area contributed by atoms with Gasteiger partial charge in [0.05, 0.1) is 7.11 Å². The maximum absolute atomic E-state index is 13.5. The molecule has 0 fully saturated rings. The van der Waals surface area contributed by atoms with Gasteiger partial charge in [-0.3, -0.25) is 0 Å². The molecule has 0 aliphatic carbocycles. The minimum absolute atomic E-state index is 0.263. The van der Waals surface area contributed by atoms with Crippen LogP contribution in [-0.4, -0.2) is 7.11 Å². The zero-order valence-corrected chi connectivity index (χ0v) is 10.3. The van der Waals surface area contributed by atoms with Crippen molar-refractivity contribution in [2.75, 3.05) is 7.11 Å². The summed E-state index contributed by atoms with van der Waals surface area (Å²) in [4.78, 5) is 0. The molecular formula is C13H10BrFO. The zero-order valence-electron chi connectivity index (χ0n) is 8.71. The molecule has 0 aromatic heterocycles. The smallest absolute Gasteiger partial charge is 0.165 e. The molecule has 0 aliphatic heterocycles. The Morgan fingerprint density at radius 2 is 1.81 bits per heavy atom. The van der Waals surface area contributed by atoms with Crippen molar-refractivity contribution in [2.45, 2.75) is 0 Å². The van der Waals surface area contributed by atoms with Crippen molar-refractivity contribution in [1.29, 1.82) is 0 Å². The Labute approximate surface area is 102 Å². The predicted molar refractivity (Wildman–Crippen MR) is 66.1 cm³/mol. The van der Waals surface area contributed by atoms with E-state index < -0.39 is 0 Å². The van der Waals surface area contributed by atoms with Gasteiger partial charge in [-0.15, -0.1) is 0 Å². The van der Waals surface area contributed by atoms with E-state index in [4.69, 9.17) is 4.74 Å². The number of halogens is 2. The van der Waals surface area contributed by atoms with E-state index in [2.05, 4.69) is 15.9 Å². The summed E-state index contributed by atoms with van der Waals surface area (Å²) in [7, 11) is 1.46. The highest BCUT2D eigenvalue weighted by atomic mass is 79.9. The summed E-state index contributed by atoms with van der Waals surface area (Å²) >= 11 is 3.39. The highest BCUT2D eigenvalue weighted by Gasteiger charge is 2.05. The van der Waals surface area contributed by atoms with E-state index in [1.54, 1.807) is 6.07 Å². The Kier molecular flexibility index (Phi) is 3.25. The zero-order chi connectivity index (χ0) is 11.5. The number of hydrogen-bond acceptors (Lipinski definition) is 1. The number of hydrogen-bond donors (Lipinski definition) is 0. The Morgan fingerprint density at radius 3 is 2.44 bits per heavy atom. The molecule has 82 valence electrons. The first-order chi connectivity index (χ1) is 7.70. The normalized spacial score (nSPS) is 10.2. The molecule has 2 rings (SSSR count). The molecule has 0 saturated carbocycles. The lowest BCUT2D eigenvalue weighted by Gasteiger charge is -2.05. The fourth-order valence-corrected chi connectivity index (χ4v) is 1.91. The molecule has 0 aliphatic rings. The monoisotopic (exact) mass is 280 g/mol. The van der Waals surface area contributed by atoms with Crippen molar-refractivity contribution in [3.05, 3.63) is 52.8 Å². The summed E-state index contributed by atoms with van der Waals surface area (Å²) in [5.74, 6) is -0.0845. The molecule has 0 heterocycles. The number of rotatable bonds is 2. The second kappa shape index (κ2) is 4.66. The van der Waals surface area contributed by atoms with Gasteiger partial charge in [-0.2, -0.15) is 0 Å². The van der Waals surface area contributed by atoms with E-state index >= 15 is 0 Å². The second-order valence-electron chi connectivity index (χ2n) is 3.36. The summed E-state index contributed by atoms with van der Waals surface area (Å²) < 4.78 is 19.3. The molecule has 0 N–H and O–H groups in total. The Hall–Kier alpha value is -1.35. The molecule has 0 saturated heterocycles. The standard InChI is InChI=1S/C13H10BrFO/c1-16-13-6-5-10(8-12(13)15)9-3-2-4-11(14)7-9/h2-8H,1H3. The molecule has 2 aromatic rings. The molecule has 0 bridgehead atoms. The van der Waals surface area contributed by atoms with Crippen LogP contribution in [0, 0.1) is 5.82 Å². The number of ether oxygens (including phenoxy) is 1. The first kappa shape index (κ1) is 11.1. The van der Waals surface area contributed by atoms with Gasteiger partial charge in [0, 0.05) is 4.47 Å². The van der Waals surface area contributed by atoms with Gasteiger partial charge < -0.3 is 4.74 Å². The van der Waals surface area contributed by atoms with Crippen molar-refractivity contribution in [1.82, 2.24) is 0 Å². The van der Waals surface area contributed by atoms with Gasteiger partial charge in [-0.25, -0.2) is 4.39 Å². The van der Waals surface area contributed by atoms with E-state index in [1.165, 1.54) is 13.2 Å². The third-order valence-corrected chi connectivity index (χ3v) is 2.80. The van der Waals surface area contributed by atoms with Gasteiger partial charge in [-0.05, 0) is 35.4 Å². The summed E-state index contributed by atoms with van der Waals surface area (Å²) in [6.45, 7) is 0. The Balaban J connectivity index is 2.45. The van der Waals surface area contributed by atoms with Crippen LogP contribution < -0.4 is 4.74 Å². The quantitative estimate of drug-likeness (QED) is 0.799. The summed E-state index contributed by atoms with van der Waals surface area (Å²) in [5, 5.41) is 0. The van der Waals surface area contributed by atoms with Crippen molar-refractivity contribution in [3.63, 3.8) is 0 Å². The van der Waals surface area contributed by atoms with E-state index in [0.29, 0.717) is 0 Å². The summed E-state index contributed by atoms with van der Waals surface area (Å²) in [6, 6.07) is 12.7. The summed E-state index contributed by atoms with van der Waals surface area (Å²) in [5.41, 5.74) is 1.80. The van der Waals surface area contributed by atoms with Crippen LogP contribution in [0.25, 0.3) is 11.1 Å². The third kappa shape index (κ3) is 2.25. The lowest BCUT2D eigenvalue weighted by molar-refractivity contribution is 0.386. The number of methoxy groups -OCH3 is 1. The van der Waals surface area contributed by atoms with Crippen molar-refractivity contribution in [3.8, 4) is 16.9 Å². The van der Waals surface area contributed by atoms with Crippen LogP contribution in [0.1, 0.15) is 0 Å². The SMILES string of the molecule is COc1ccc(-c2cccc(Br)c2)cc1F. The highest BCUT2D eigenvalue weighted by molar-refractivity contribution is 9.10. The van der Waals surface area contributed by atoms with Gasteiger partial charge in [0.15, 0.2) is 11.6 Å². The van der Waals surface area contributed by atoms with Gasteiger partial charge in [0.1, 0.15) is 0 Å². The van der Waals surface area contributed by atoms with Crippen molar-refractivity contribution >= 4 is 15.9 Å². The van der Waals surface area contributed by atoms with Crippen LogP contribution in [-0.2, 0) is 0 Å². The maximum Gasteiger partial charge on any atom is 0.165 e. The van der Waals surface area contributed by atoms with Crippen LogP contribution in [0.15, 0.2) is 46.9 Å². The van der Waals surface area contributed by atoms with Crippen LogP contribution in [0.2, 0.25) is 0 Å². The average Bonchev–Trinajstić information content (AvgIpc) is 2.29. The van der Waals surface area contributed by atoms with Crippen molar-refractivity contribution in [2.24, 2.45) is 0 Å². The first-order valence-corrected chi connectivity index (χ1v) is 5.59. The predicted octanol–water partition coefficient (Wildman–Crippen LogP) is 4.26. The molecule has 0 radical (unpaired) electrons. The molecule has 16 heavy (non-hydrogen) atoms. The topological polar surface area (TPSA) is 9.23 Å². The van der Waals surface area contributed by atoms with E-state index in [9.17, 15) is 4.39 Å². The molecule has 0 unspecified atom stereocenters. The van der Waals surface area contributed by atoms with Gasteiger partial charge in [-0.1, -0.05) is 34.1 Å². The van der Waals surface area contributed by atoms with E-state index in [-0.39, 0.29) is 11.6 Å². The Morgan fingerprint density at radius 1 is 1.06 bits per heavy atom. The fourth-order valence-electron chi connectivity index (χ4n) is 1.51. The number of benzene rings is 2. The van der Waals surface area contributed by atoms with Gasteiger partial charge in [0.25, 0.3) is 0 Å². The van der Waals surface area contributed by atoms with Crippen LogP contribution in [0.3, 0.4) is 0 Å². The van der Waals surface area contributed by atoms with Crippen LogP contribution in [0.4, 0.5) is 4.39 Å². The second-order valence-corrected chi connectivity index (χ2v) is 4.28. The summed E-state index contributed by atoms with van der Waals surface area (Å²) in [6.07, 6.45) is 0. The van der Waals surface area contributed by atoms with E-state index in [1.807, 2.05) is 30.3 Å². The minimum atomic E-state index is -0.347. The molecule has 3 heteroatoms. The first-order valence-electron chi connectivity index (χ1n) is 4.80. The van der Waals surface area contributed by atoms with Crippen molar-refractivity contribution < 1.29 is 9.13 Å². The maximum atomic E-state index is 13.5. The largest absolute Gasteiger partial charge is 0.494 e. The average molecular weight is 281 g/mol. The lowest BCUT2D eigenvalue weighted by Crippen LogP contribution is -1.88. The molecule has 0 amide bonds. The highest BCUT2D eigenvalue weighted by Crippen LogP contribution is 2.27. The third-order valence-electron chi connectivity index (χ3n) is 2.31. The molecule has 0 atom stereocenters. The minimum Gasteiger partial charge on any atom is -0.494 e. The lowest BCUT2D eigenvalue weighted by atomic mass is 10.1.